The normalized spacial score (nSPS) is 16.5. The molecule has 1 saturated carbocycles. The monoisotopic (exact) mass is 357 g/mol. The number of nitrogens with two attached hydrogens (primary N) is 1. The van der Waals surface area contributed by atoms with Crippen molar-refractivity contribution in [3.63, 3.8) is 0 Å². The molecule has 0 bridgehead atoms. The van der Waals surface area contributed by atoms with Crippen molar-refractivity contribution in [2.45, 2.75) is 49.5 Å². The predicted molar refractivity (Wildman–Crippen MR) is 90.4 cm³/mol. The van der Waals surface area contributed by atoms with Gasteiger partial charge in [0, 0.05) is 18.7 Å². The molecule has 8 nitrogen and oxygen atoms in total. The number of non-ortho nitro benzene ring substituents is 1. The van der Waals surface area contributed by atoms with Crippen LogP contribution in [0.2, 0.25) is 0 Å². The highest BCUT2D eigenvalue weighted by atomic mass is 32.2. The van der Waals surface area contributed by atoms with Crippen molar-refractivity contribution in [3.8, 4) is 0 Å². The number of nitrogens with zero attached hydrogens (tertiary/aromatic N) is 1. The third kappa shape index (κ3) is 5.43. The molecule has 24 heavy (non-hydrogen) atoms. The van der Waals surface area contributed by atoms with Crippen LogP contribution in [0.4, 0.5) is 11.4 Å². The number of nitrogens with one attached hydrogen (secondary N) is 1. The maximum absolute atomic E-state index is 11.6. The molecule has 1 fully saturated rings. The first-order valence-corrected chi connectivity index (χ1v) is 9.59. The molecule has 134 valence electrons. The van der Waals surface area contributed by atoms with Crippen LogP contribution >= 0.6 is 0 Å². The van der Waals surface area contributed by atoms with Crippen LogP contribution in [0.1, 0.15) is 38.5 Å². The fraction of sp³-hybridized carbons (Fsp3) is 0.600. The lowest BCUT2D eigenvalue weighted by atomic mass is 10.1. The first kappa shape index (κ1) is 18.6. The minimum absolute atomic E-state index is 0.243. The van der Waals surface area contributed by atoms with Gasteiger partial charge in [0.2, 0.25) is 10.0 Å². The zero-order valence-corrected chi connectivity index (χ0v) is 14.3. The zero-order chi connectivity index (χ0) is 17.6. The molecule has 1 aliphatic carbocycles. The van der Waals surface area contributed by atoms with Crippen LogP contribution in [0.15, 0.2) is 23.1 Å². The number of nitro groups is 1. The molecular weight excluding hydrogens is 334 g/mol. The zero-order valence-electron chi connectivity index (χ0n) is 13.4. The lowest BCUT2D eigenvalue weighted by molar-refractivity contribution is -0.385. The molecule has 1 aromatic carbocycles. The lowest BCUT2D eigenvalue weighted by Crippen LogP contribution is -2.20. The maximum Gasteiger partial charge on any atom is 0.270 e. The summed E-state index contributed by atoms with van der Waals surface area (Å²) in [4.78, 5) is 9.84. The number of hydrogen-bond donors (Lipinski definition) is 2. The number of anilines is 1. The summed E-state index contributed by atoms with van der Waals surface area (Å²) in [6, 6.07) is 3.55. The van der Waals surface area contributed by atoms with Crippen molar-refractivity contribution in [1.82, 2.24) is 0 Å². The van der Waals surface area contributed by atoms with Gasteiger partial charge in [0.15, 0.2) is 0 Å². The molecule has 0 unspecified atom stereocenters. The summed E-state index contributed by atoms with van der Waals surface area (Å²) in [5.74, 6) is 0. The van der Waals surface area contributed by atoms with Gasteiger partial charge in [-0.25, -0.2) is 13.6 Å². The molecule has 3 N–H and O–H groups in total. The third-order valence-corrected chi connectivity index (χ3v) is 5.01. The minimum Gasteiger partial charge on any atom is -0.382 e. The third-order valence-electron chi connectivity index (χ3n) is 4.06. The highest BCUT2D eigenvalue weighted by Crippen LogP contribution is 2.25. The average Bonchev–Trinajstić information content (AvgIpc) is 2.79. The van der Waals surface area contributed by atoms with E-state index in [1.165, 1.54) is 37.8 Å². The number of nitro benzene ring substituents is 1. The van der Waals surface area contributed by atoms with Gasteiger partial charge in [-0.1, -0.05) is 25.7 Å². The van der Waals surface area contributed by atoms with Crippen molar-refractivity contribution >= 4 is 21.4 Å². The van der Waals surface area contributed by atoms with Crippen molar-refractivity contribution in [2.75, 3.05) is 18.5 Å². The SMILES string of the molecule is NS(=O)(=O)c1cc([N+](=O)[O-])ccc1NCCOC1CCCCCC1. The minimum atomic E-state index is -4.06. The molecule has 9 heteroatoms. The van der Waals surface area contributed by atoms with E-state index >= 15 is 0 Å². The topological polar surface area (TPSA) is 125 Å². The van der Waals surface area contributed by atoms with Gasteiger partial charge in [0.1, 0.15) is 4.90 Å². The fourth-order valence-corrected chi connectivity index (χ4v) is 3.56. The molecule has 1 aliphatic rings. The summed E-state index contributed by atoms with van der Waals surface area (Å²) in [5, 5.41) is 18.9. The molecule has 0 radical (unpaired) electrons. The molecule has 0 amide bonds. The van der Waals surface area contributed by atoms with Gasteiger partial charge in [-0.05, 0) is 18.9 Å². The second-order valence-electron chi connectivity index (χ2n) is 5.89. The second kappa shape index (κ2) is 8.41. The van der Waals surface area contributed by atoms with E-state index in [1.807, 2.05) is 0 Å². The van der Waals surface area contributed by atoms with Crippen LogP contribution in [0.25, 0.3) is 0 Å². The summed E-state index contributed by atoms with van der Waals surface area (Å²) in [6.45, 7) is 0.836. The number of hydrogen-bond acceptors (Lipinski definition) is 6. The Labute approximate surface area is 141 Å². The quantitative estimate of drug-likeness (QED) is 0.334. The maximum atomic E-state index is 11.6. The lowest BCUT2D eigenvalue weighted by Gasteiger charge is -2.16. The van der Waals surface area contributed by atoms with Gasteiger partial charge in [-0.15, -0.1) is 0 Å². The van der Waals surface area contributed by atoms with E-state index < -0.39 is 14.9 Å². The van der Waals surface area contributed by atoms with E-state index in [1.54, 1.807) is 0 Å². The van der Waals surface area contributed by atoms with Crippen LogP contribution in [-0.2, 0) is 14.8 Å². The average molecular weight is 357 g/mol. The second-order valence-corrected chi connectivity index (χ2v) is 7.42. The smallest absolute Gasteiger partial charge is 0.270 e. The summed E-state index contributed by atoms with van der Waals surface area (Å²) in [5.41, 5.74) is -0.0770. The molecule has 1 aromatic rings. The first-order chi connectivity index (χ1) is 11.4. The molecule has 0 atom stereocenters. The number of ether oxygens (including phenoxy) is 1. The Kier molecular flexibility index (Phi) is 6.52. The number of rotatable bonds is 7. The molecule has 2 rings (SSSR count). The van der Waals surface area contributed by atoms with Gasteiger partial charge >= 0.3 is 0 Å². The van der Waals surface area contributed by atoms with Crippen LogP contribution in [0.5, 0.6) is 0 Å². The molecule has 0 spiro atoms. The Hall–Kier alpha value is -1.71. The van der Waals surface area contributed by atoms with E-state index in [0.717, 1.165) is 18.9 Å². The Morgan fingerprint density at radius 1 is 1.25 bits per heavy atom. The van der Waals surface area contributed by atoms with Crippen molar-refractivity contribution in [3.05, 3.63) is 28.3 Å². The van der Waals surface area contributed by atoms with E-state index in [9.17, 15) is 18.5 Å². The van der Waals surface area contributed by atoms with Gasteiger partial charge in [-0.2, -0.15) is 0 Å². The van der Waals surface area contributed by atoms with E-state index in [-0.39, 0.29) is 22.4 Å². The largest absolute Gasteiger partial charge is 0.382 e. The Bertz CT molecular complexity index is 670. The van der Waals surface area contributed by atoms with Gasteiger partial charge in [-0.3, -0.25) is 10.1 Å². The van der Waals surface area contributed by atoms with Crippen LogP contribution in [0.3, 0.4) is 0 Å². The Balaban J connectivity index is 1.95. The predicted octanol–water partition coefficient (Wildman–Crippen LogP) is 2.39. The number of sulfonamides is 1. The van der Waals surface area contributed by atoms with Gasteiger partial charge in [0.25, 0.3) is 5.69 Å². The summed E-state index contributed by atoms with van der Waals surface area (Å²) >= 11 is 0. The van der Waals surface area contributed by atoms with Crippen LogP contribution < -0.4 is 10.5 Å². The van der Waals surface area contributed by atoms with Gasteiger partial charge < -0.3 is 10.1 Å². The van der Waals surface area contributed by atoms with Gasteiger partial charge in [0.05, 0.1) is 23.3 Å². The first-order valence-electron chi connectivity index (χ1n) is 8.04. The molecule has 0 aromatic heterocycles. The van der Waals surface area contributed by atoms with Crippen LogP contribution in [-0.4, -0.2) is 32.6 Å². The highest BCUT2D eigenvalue weighted by Gasteiger charge is 2.19. The molecule has 0 saturated heterocycles. The van der Waals surface area contributed by atoms with Crippen molar-refractivity contribution < 1.29 is 18.1 Å². The Morgan fingerprint density at radius 2 is 1.92 bits per heavy atom. The number of primary sulfonamides is 1. The molecule has 0 heterocycles. The van der Waals surface area contributed by atoms with E-state index in [4.69, 9.17) is 9.88 Å². The summed E-state index contributed by atoms with van der Waals surface area (Å²) in [6.07, 6.45) is 7.22. The fourth-order valence-electron chi connectivity index (χ4n) is 2.83. The summed E-state index contributed by atoms with van der Waals surface area (Å²) in [7, 11) is -4.06. The van der Waals surface area contributed by atoms with Crippen molar-refractivity contribution in [2.24, 2.45) is 5.14 Å². The standard InChI is InChI=1S/C15H23N3O5S/c16-24(21,22)15-11-12(18(19)20)7-8-14(15)17-9-10-23-13-5-3-1-2-4-6-13/h7-8,11,13,17H,1-6,9-10H2,(H2,16,21,22). The summed E-state index contributed by atoms with van der Waals surface area (Å²) < 4.78 is 29.1. The Morgan fingerprint density at radius 3 is 2.50 bits per heavy atom. The molecule has 0 aliphatic heterocycles. The van der Waals surface area contributed by atoms with E-state index in [2.05, 4.69) is 5.32 Å². The van der Waals surface area contributed by atoms with E-state index in [0.29, 0.717) is 13.2 Å². The van der Waals surface area contributed by atoms with Crippen LogP contribution in [0, 0.1) is 10.1 Å². The number of benzene rings is 1. The van der Waals surface area contributed by atoms with Crippen molar-refractivity contribution in [1.29, 1.82) is 0 Å². The highest BCUT2D eigenvalue weighted by molar-refractivity contribution is 7.89. The molecular formula is C15H23N3O5S.